The van der Waals surface area contributed by atoms with Gasteiger partial charge in [0.2, 0.25) is 0 Å². The molecule has 0 spiro atoms. The number of allylic oxidation sites excluding steroid dienone is 2. The van der Waals surface area contributed by atoms with Crippen molar-refractivity contribution in [2.75, 3.05) is 0 Å². The van der Waals surface area contributed by atoms with Gasteiger partial charge in [0.1, 0.15) is 0 Å². The van der Waals surface area contributed by atoms with E-state index in [9.17, 15) is 17.0 Å². The van der Waals surface area contributed by atoms with Crippen LogP contribution < -0.4 is 0 Å². The van der Waals surface area contributed by atoms with Crippen molar-refractivity contribution in [2.24, 2.45) is 11.8 Å². The van der Waals surface area contributed by atoms with Gasteiger partial charge in [-0.05, 0) is 0 Å². The molecule has 0 amide bonds. The Morgan fingerprint density at radius 1 is 0.433 bits per heavy atom. The average molecular weight is 920 g/mol. The fraction of sp³-hybridized carbons (Fsp3) is 0.286. The summed E-state index contributed by atoms with van der Waals surface area (Å²) in [5.41, 5.74) is 18.9. The zero-order chi connectivity index (χ0) is 40.9. The molecule has 0 saturated heterocycles. The van der Waals surface area contributed by atoms with Crippen LogP contribution in [0.4, 0.5) is 0 Å². The molecule has 6 aromatic rings. The van der Waals surface area contributed by atoms with Crippen LogP contribution >= 0.6 is 17.0 Å². The van der Waals surface area contributed by atoms with Crippen molar-refractivity contribution in [2.45, 2.75) is 84.6 Å². The second-order valence-electron chi connectivity index (χ2n) is 18.8. The first-order valence-electron chi connectivity index (χ1n) is 22.8. The van der Waals surface area contributed by atoms with Crippen molar-refractivity contribution in [1.29, 1.82) is 0 Å². The summed E-state index contributed by atoms with van der Waals surface area (Å²) in [6.07, 6.45) is 17.9. The molecule has 2 unspecified atom stereocenters. The first-order chi connectivity index (χ1) is 29.3. The van der Waals surface area contributed by atoms with Crippen LogP contribution in [0.5, 0.6) is 0 Å². The Balaban J connectivity index is 1.29. The molecule has 2 fully saturated rings. The van der Waals surface area contributed by atoms with Gasteiger partial charge < -0.3 is 0 Å². The van der Waals surface area contributed by atoms with Crippen LogP contribution in [0.3, 0.4) is 0 Å². The number of hydrogen-bond donors (Lipinski definition) is 0. The van der Waals surface area contributed by atoms with Crippen LogP contribution in [0.1, 0.15) is 93.7 Å². The second-order valence-corrected chi connectivity index (χ2v) is 61.3. The molecule has 4 heteroatoms. The molecule has 0 bridgehead atoms. The van der Waals surface area contributed by atoms with E-state index in [-0.39, 0.29) is 7.25 Å². The van der Waals surface area contributed by atoms with E-state index in [1.807, 2.05) is 0 Å². The number of hydrogen-bond acceptors (Lipinski definition) is 0. The molecule has 303 valence electrons. The number of halogens is 2. The van der Waals surface area contributed by atoms with Crippen LogP contribution in [0.2, 0.25) is 13.1 Å². The van der Waals surface area contributed by atoms with Crippen molar-refractivity contribution in [3.05, 3.63) is 179 Å². The van der Waals surface area contributed by atoms with E-state index in [1.165, 1.54) is 129 Å². The zero-order valence-electron chi connectivity index (χ0n) is 35.2. The molecular formula is C56H57Cl2SiZr. The summed E-state index contributed by atoms with van der Waals surface area (Å²) in [5, 5.41) is 0. The van der Waals surface area contributed by atoms with Crippen LogP contribution in [-0.4, -0.2) is 5.92 Å². The molecule has 4 aliphatic rings. The average Bonchev–Trinajstić information content (AvgIpc) is 4.12. The van der Waals surface area contributed by atoms with Gasteiger partial charge in [-0.15, -0.1) is 0 Å². The molecule has 2 atom stereocenters. The van der Waals surface area contributed by atoms with Crippen LogP contribution in [0.25, 0.3) is 56.7 Å². The zero-order valence-corrected chi connectivity index (χ0v) is 40.3. The SMILES string of the molecule is C[SiH](C)[Zr]([Cl])([Cl])([CH]1C(CC2CCCC2)=Cc2c(-c3ccccc3)ccc(-c3ccccc3)c21)[CH]1C(CC2CCCC2)=Cc2c(-c3ccccc3)ccc(-c3ccccc3)c21. The Hall–Kier alpha value is -3.52. The number of benzene rings is 6. The van der Waals surface area contributed by atoms with E-state index < -0.39 is 21.5 Å². The Labute approximate surface area is 367 Å². The molecule has 0 aliphatic heterocycles. The molecule has 0 radical (unpaired) electrons. The Kier molecular flexibility index (Phi) is 11.2. The molecule has 0 nitrogen and oxygen atoms in total. The summed E-state index contributed by atoms with van der Waals surface area (Å²) < 4.78 is 0.0330. The molecule has 0 N–H and O–H groups in total. The van der Waals surface area contributed by atoms with Gasteiger partial charge in [0, 0.05) is 0 Å². The van der Waals surface area contributed by atoms with Crippen molar-refractivity contribution in [3.8, 4) is 44.5 Å². The van der Waals surface area contributed by atoms with E-state index in [0.717, 1.165) is 12.8 Å². The van der Waals surface area contributed by atoms with E-state index in [1.54, 1.807) is 0 Å². The summed E-state index contributed by atoms with van der Waals surface area (Å²) in [6.45, 7) is 5.10. The third-order valence-electron chi connectivity index (χ3n) is 15.1. The predicted molar refractivity (Wildman–Crippen MR) is 260 cm³/mol. The first-order valence-corrected chi connectivity index (χ1v) is 39.1. The van der Waals surface area contributed by atoms with Gasteiger partial charge in [-0.25, -0.2) is 0 Å². The number of rotatable bonds is 11. The summed E-state index contributed by atoms with van der Waals surface area (Å²) in [6, 6.07) is 54.0. The second kappa shape index (κ2) is 16.6. The Morgan fingerprint density at radius 3 is 1.05 bits per heavy atom. The van der Waals surface area contributed by atoms with Crippen molar-refractivity contribution < 1.29 is 15.6 Å². The summed E-state index contributed by atoms with van der Waals surface area (Å²) in [7, 11) is 18.9. The normalized spacial score (nSPS) is 19.9. The van der Waals surface area contributed by atoms with Gasteiger partial charge in [0.05, 0.1) is 0 Å². The third kappa shape index (κ3) is 7.07. The van der Waals surface area contributed by atoms with E-state index in [2.05, 4.69) is 171 Å². The molecule has 0 aromatic heterocycles. The van der Waals surface area contributed by atoms with E-state index in [4.69, 9.17) is 0 Å². The maximum absolute atomic E-state index is 9.43. The predicted octanol–water partition coefficient (Wildman–Crippen LogP) is 17.1. The van der Waals surface area contributed by atoms with Gasteiger partial charge in [0.15, 0.2) is 0 Å². The minimum absolute atomic E-state index is 0.0165. The molecular weight excluding hydrogens is 863 g/mol. The van der Waals surface area contributed by atoms with Crippen LogP contribution in [0, 0.1) is 11.8 Å². The van der Waals surface area contributed by atoms with E-state index >= 15 is 0 Å². The topological polar surface area (TPSA) is 0 Å². The van der Waals surface area contributed by atoms with Gasteiger partial charge in [-0.3, -0.25) is 0 Å². The van der Waals surface area contributed by atoms with E-state index in [0.29, 0.717) is 11.8 Å². The molecule has 2 saturated carbocycles. The van der Waals surface area contributed by atoms with Crippen LogP contribution in [-0.2, 0) is 15.6 Å². The molecule has 60 heavy (non-hydrogen) atoms. The quantitative estimate of drug-likeness (QED) is 0.114. The van der Waals surface area contributed by atoms with Gasteiger partial charge >= 0.3 is 371 Å². The monoisotopic (exact) mass is 917 g/mol. The summed E-state index contributed by atoms with van der Waals surface area (Å²) in [4.78, 5) is 0. The van der Waals surface area contributed by atoms with Crippen molar-refractivity contribution in [3.63, 3.8) is 0 Å². The Morgan fingerprint density at radius 2 is 0.733 bits per heavy atom. The molecule has 6 aromatic carbocycles. The summed E-state index contributed by atoms with van der Waals surface area (Å²) >= 11 is -5.31. The third-order valence-corrected chi connectivity index (χ3v) is 66.8. The maximum atomic E-state index is 9.43. The first kappa shape index (κ1) is 40.5. The summed E-state index contributed by atoms with van der Waals surface area (Å²) in [5.74, 6) is -0.520. The van der Waals surface area contributed by atoms with Gasteiger partial charge in [-0.1, -0.05) is 0 Å². The van der Waals surface area contributed by atoms with Gasteiger partial charge in [0.25, 0.3) is 0 Å². The fourth-order valence-corrected chi connectivity index (χ4v) is 43.2. The molecule has 0 heterocycles. The van der Waals surface area contributed by atoms with Gasteiger partial charge in [-0.2, -0.15) is 0 Å². The van der Waals surface area contributed by atoms with Crippen molar-refractivity contribution in [1.82, 2.24) is 0 Å². The van der Waals surface area contributed by atoms with Crippen molar-refractivity contribution >= 4 is 35.1 Å². The Bertz CT molecular complexity index is 2390. The molecule has 10 rings (SSSR count). The fourth-order valence-electron chi connectivity index (χ4n) is 12.1. The molecule has 4 aliphatic carbocycles. The minimum atomic E-state index is -5.31. The number of fused-ring (bicyclic) bond motifs is 2. The standard InChI is InChI=1S/2C27H25.C2H7Si.2ClH.Zr/c2*1-3-11-22(12-4-1)24-15-16-25(23-13-5-2-6-14-23)27-19-21(18-26(24)27)17-20-9-7-8-10-20;1-3-2;;;/h2*1-6,11-16,18-20H,7-10,17H2;3H,1-2H3;2*1H;/q;;;;;+2/p-2. The van der Waals surface area contributed by atoms with Crippen LogP contribution in [0.15, 0.2) is 157 Å².